The summed E-state index contributed by atoms with van der Waals surface area (Å²) in [6.07, 6.45) is 0. The van der Waals surface area contributed by atoms with Gasteiger partial charge in [-0.25, -0.2) is 14.6 Å². The van der Waals surface area contributed by atoms with Crippen LogP contribution < -0.4 is 0 Å². The lowest BCUT2D eigenvalue weighted by Gasteiger charge is -2.13. The van der Waals surface area contributed by atoms with Crippen LogP contribution in [0, 0.1) is 0 Å². The Labute approximate surface area is 136 Å². The molecule has 0 aliphatic carbocycles. The van der Waals surface area contributed by atoms with Crippen molar-refractivity contribution in [3.05, 3.63) is 42.0 Å². The van der Waals surface area contributed by atoms with E-state index >= 15 is 0 Å². The Balaban J connectivity index is 3.15. The highest BCUT2D eigenvalue weighted by molar-refractivity contribution is 6.40. The van der Waals surface area contributed by atoms with Gasteiger partial charge in [0.05, 0.1) is 30.5 Å². The fourth-order valence-corrected chi connectivity index (χ4v) is 1.69. The number of hydrogen-bond acceptors (Lipinski definition) is 5. The molecule has 0 amide bonds. The molecule has 0 spiro atoms. The average Bonchev–Trinajstić information content (AvgIpc) is 2.50. The predicted molar refractivity (Wildman–Crippen MR) is 81.4 cm³/mol. The molecule has 0 atom stereocenters. The topological polar surface area (TPSA) is 65.0 Å². The molecular formula is C15H14ClF2NO4. The summed E-state index contributed by atoms with van der Waals surface area (Å²) in [6.45, 7) is 5.08. The van der Waals surface area contributed by atoms with E-state index in [1.807, 2.05) is 0 Å². The van der Waals surface area contributed by atoms with E-state index < -0.39 is 28.6 Å². The Hall–Kier alpha value is -2.28. The van der Waals surface area contributed by atoms with Gasteiger partial charge in [-0.2, -0.15) is 8.78 Å². The molecule has 0 aromatic heterocycles. The minimum absolute atomic E-state index is 0.0541. The first-order valence-corrected chi connectivity index (χ1v) is 6.79. The minimum atomic E-state index is -3.91. The summed E-state index contributed by atoms with van der Waals surface area (Å²) in [5.74, 6) is -1.63. The summed E-state index contributed by atoms with van der Waals surface area (Å²) >= 11 is 4.96. The number of halogens is 3. The van der Waals surface area contributed by atoms with E-state index in [1.165, 1.54) is 24.3 Å². The van der Waals surface area contributed by atoms with Crippen molar-refractivity contribution in [1.82, 2.24) is 0 Å². The van der Waals surface area contributed by atoms with Gasteiger partial charge < -0.3 is 9.47 Å². The second kappa shape index (κ2) is 7.82. The Morgan fingerprint density at radius 3 is 2.30 bits per heavy atom. The van der Waals surface area contributed by atoms with Gasteiger partial charge in [-0.3, -0.25) is 0 Å². The van der Waals surface area contributed by atoms with Crippen LogP contribution >= 0.6 is 11.6 Å². The van der Waals surface area contributed by atoms with Gasteiger partial charge in [-0.15, -0.1) is 0 Å². The quantitative estimate of drug-likeness (QED) is 0.342. The fourth-order valence-electron chi connectivity index (χ4n) is 1.54. The summed E-state index contributed by atoms with van der Waals surface area (Å²) in [5, 5.41) is -3.91. The first kappa shape index (κ1) is 18.8. The van der Waals surface area contributed by atoms with Gasteiger partial charge in [-0.1, -0.05) is 6.58 Å². The van der Waals surface area contributed by atoms with Gasteiger partial charge in [0.1, 0.15) is 5.71 Å². The predicted octanol–water partition coefficient (Wildman–Crippen LogP) is 3.50. The summed E-state index contributed by atoms with van der Waals surface area (Å²) < 4.78 is 36.0. The van der Waals surface area contributed by atoms with E-state index in [-0.39, 0.29) is 17.9 Å². The van der Waals surface area contributed by atoms with E-state index in [0.29, 0.717) is 0 Å². The second-order valence-corrected chi connectivity index (χ2v) is 4.67. The number of rotatable bonds is 6. The van der Waals surface area contributed by atoms with Crippen LogP contribution in [0.5, 0.6) is 0 Å². The maximum atomic E-state index is 13.4. The van der Waals surface area contributed by atoms with Crippen LogP contribution in [0.2, 0.25) is 0 Å². The molecule has 5 nitrogen and oxygen atoms in total. The Bertz CT molecular complexity index is 636. The maximum Gasteiger partial charge on any atom is 0.365 e. The van der Waals surface area contributed by atoms with Crippen LogP contribution in [0.25, 0.3) is 0 Å². The Morgan fingerprint density at radius 2 is 1.87 bits per heavy atom. The zero-order chi connectivity index (χ0) is 17.6. The molecule has 0 fully saturated rings. The van der Waals surface area contributed by atoms with Crippen molar-refractivity contribution >= 4 is 34.9 Å². The molecule has 8 heteroatoms. The highest BCUT2D eigenvalue weighted by Gasteiger charge is 2.37. The summed E-state index contributed by atoms with van der Waals surface area (Å²) in [7, 11) is 1.02. The largest absolute Gasteiger partial charge is 0.465 e. The molecule has 0 unspecified atom stereocenters. The number of hydrogen-bond donors (Lipinski definition) is 0. The number of aliphatic imine (C=N–C) groups is 1. The van der Waals surface area contributed by atoms with Gasteiger partial charge in [-0.05, 0) is 42.8 Å². The van der Waals surface area contributed by atoms with Crippen LogP contribution in [-0.4, -0.2) is 36.7 Å². The molecule has 1 aromatic rings. The molecule has 0 heterocycles. The van der Waals surface area contributed by atoms with E-state index in [2.05, 4.69) is 16.3 Å². The highest BCUT2D eigenvalue weighted by atomic mass is 35.5. The van der Waals surface area contributed by atoms with Gasteiger partial charge in [0.15, 0.2) is 0 Å². The zero-order valence-corrected chi connectivity index (χ0v) is 13.2. The number of nitrogens with zero attached hydrogens (tertiary/aromatic N) is 1. The molecule has 0 aliphatic heterocycles. The normalized spacial score (nSPS) is 11.8. The zero-order valence-electron chi connectivity index (χ0n) is 12.4. The molecule has 0 radical (unpaired) electrons. The van der Waals surface area contributed by atoms with Crippen molar-refractivity contribution in [2.24, 2.45) is 4.99 Å². The SMILES string of the molecule is C=C(C(=O)OC)C(=Nc1ccc(C(=O)OCC)cc1)C(F)(F)Cl. The summed E-state index contributed by atoms with van der Waals surface area (Å²) in [5.41, 5.74) is -1.41. The molecule has 124 valence electrons. The molecular weight excluding hydrogens is 332 g/mol. The van der Waals surface area contributed by atoms with Crippen molar-refractivity contribution in [1.29, 1.82) is 0 Å². The highest BCUT2D eigenvalue weighted by Crippen LogP contribution is 2.28. The Morgan fingerprint density at radius 1 is 1.30 bits per heavy atom. The maximum absolute atomic E-state index is 13.4. The van der Waals surface area contributed by atoms with Crippen LogP contribution in [0.3, 0.4) is 0 Å². The standard InChI is InChI=1S/C15H14ClF2NO4/c1-4-23-14(21)10-5-7-11(8-6-10)19-12(15(16,17)18)9(2)13(20)22-3/h5-8H,2,4H2,1,3H3. The summed E-state index contributed by atoms with van der Waals surface area (Å²) in [6, 6.07) is 5.31. The third-order valence-electron chi connectivity index (χ3n) is 2.61. The molecule has 1 aromatic carbocycles. The molecule has 0 bridgehead atoms. The second-order valence-electron chi connectivity index (χ2n) is 4.20. The molecule has 0 aliphatic rings. The van der Waals surface area contributed by atoms with Gasteiger partial charge in [0.2, 0.25) is 0 Å². The number of methoxy groups -OCH3 is 1. The number of carbonyl (C=O) groups is 2. The van der Waals surface area contributed by atoms with Gasteiger partial charge in [0, 0.05) is 0 Å². The number of alkyl halides is 3. The minimum Gasteiger partial charge on any atom is -0.465 e. The lowest BCUT2D eigenvalue weighted by Crippen LogP contribution is -2.27. The van der Waals surface area contributed by atoms with Crippen LogP contribution in [0.15, 0.2) is 41.4 Å². The lowest BCUT2D eigenvalue weighted by molar-refractivity contribution is -0.135. The number of benzene rings is 1. The van der Waals surface area contributed by atoms with Crippen molar-refractivity contribution in [2.75, 3.05) is 13.7 Å². The molecule has 1 rings (SSSR count). The monoisotopic (exact) mass is 345 g/mol. The number of esters is 2. The fraction of sp³-hybridized carbons (Fsp3) is 0.267. The van der Waals surface area contributed by atoms with E-state index in [1.54, 1.807) is 6.92 Å². The first-order valence-electron chi connectivity index (χ1n) is 6.41. The summed E-state index contributed by atoms with van der Waals surface area (Å²) in [4.78, 5) is 26.5. The number of ether oxygens (including phenoxy) is 2. The first-order chi connectivity index (χ1) is 10.7. The molecule has 0 saturated heterocycles. The molecule has 0 saturated carbocycles. The molecule has 0 N–H and O–H groups in total. The van der Waals surface area contributed by atoms with E-state index in [0.717, 1.165) is 7.11 Å². The number of carbonyl (C=O) groups excluding carboxylic acids is 2. The lowest BCUT2D eigenvalue weighted by atomic mass is 10.1. The Kier molecular flexibility index (Phi) is 6.38. The smallest absolute Gasteiger partial charge is 0.365 e. The van der Waals surface area contributed by atoms with Crippen LogP contribution in [-0.2, 0) is 14.3 Å². The van der Waals surface area contributed by atoms with Gasteiger partial charge >= 0.3 is 17.3 Å². The van der Waals surface area contributed by atoms with Crippen molar-refractivity contribution in [3.63, 3.8) is 0 Å². The third-order valence-corrected chi connectivity index (χ3v) is 2.78. The van der Waals surface area contributed by atoms with Crippen molar-refractivity contribution in [3.8, 4) is 0 Å². The molecule has 23 heavy (non-hydrogen) atoms. The van der Waals surface area contributed by atoms with Crippen molar-refractivity contribution in [2.45, 2.75) is 12.3 Å². The average molecular weight is 346 g/mol. The third kappa shape index (κ3) is 5.14. The van der Waals surface area contributed by atoms with Crippen LogP contribution in [0.1, 0.15) is 17.3 Å². The van der Waals surface area contributed by atoms with Gasteiger partial charge in [0.25, 0.3) is 0 Å². The van der Waals surface area contributed by atoms with Crippen LogP contribution in [0.4, 0.5) is 14.5 Å². The van der Waals surface area contributed by atoms with E-state index in [9.17, 15) is 18.4 Å². The van der Waals surface area contributed by atoms with E-state index in [4.69, 9.17) is 16.3 Å². The van der Waals surface area contributed by atoms with Crippen molar-refractivity contribution < 1.29 is 27.8 Å².